The first-order valence-corrected chi connectivity index (χ1v) is 8.69. The van der Waals surface area contributed by atoms with Crippen LogP contribution in [0.4, 0.5) is 0 Å². The lowest BCUT2D eigenvalue weighted by Gasteiger charge is -2.14. The SMILES string of the molecule is N[C@@H]1CN(Cc2coc(-c3cccs3)n2)C[C@H]1c1ccccc1. The molecule has 0 saturated carbocycles. The first kappa shape index (κ1) is 14.6. The Hall–Kier alpha value is -1.95. The number of benzene rings is 1. The van der Waals surface area contributed by atoms with E-state index in [0.717, 1.165) is 30.2 Å². The zero-order valence-corrected chi connectivity index (χ0v) is 13.6. The Bertz CT molecular complexity index is 754. The summed E-state index contributed by atoms with van der Waals surface area (Å²) in [5.41, 5.74) is 8.64. The molecular formula is C18H19N3OS. The van der Waals surface area contributed by atoms with Gasteiger partial charge < -0.3 is 10.2 Å². The molecule has 2 aromatic heterocycles. The highest BCUT2D eigenvalue weighted by Crippen LogP contribution is 2.28. The normalized spacial score (nSPS) is 21.8. The molecule has 1 saturated heterocycles. The summed E-state index contributed by atoms with van der Waals surface area (Å²) in [5.74, 6) is 1.10. The zero-order chi connectivity index (χ0) is 15.6. The summed E-state index contributed by atoms with van der Waals surface area (Å²) in [4.78, 5) is 8.03. The van der Waals surface area contributed by atoms with Crippen molar-refractivity contribution in [3.63, 3.8) is 0 Å². The lowest BCUT2D eigenvalue weighted by Crippen LogP contribution is -2.28. The molecule has 3 heterocycles. The summed E-state index contributed by atoms with van der Waals surface area (Å²) < 4.78 is 5.60. The van der Waals surface area contributed by atoms with Gasteiger partial charge in [0.25, 0.3) is 0 Å². The molecule has 1 aromatic carbocycles. The van der Waals surface area contributed by atoms with Gasteiger partial charge >= 0.3 is 0 Å². The summed E-state index contributed by atoms with van der Waals surface area (Å²) >= 11 is 1.64. The van der Waals surface area contributed by atoms with Crippen molar-refractivity contribution >= 4 is 11.3 Å². The number of nitrogens with two attached hydrogens (primary N) is 1. The minimum absolute atomic E-state index is 0.168. The fourth-order valence-electron chi connectivity index (χ4n) is 3.22. The molecule has 1 aliphatic heterocycles. The Kier molecular flexibility index (Phi) is 3.99. The molecule has 1 aliphatic rings. The van der Waals surface area contributed by atoms with E-state index in [1.54, 1.807) is 17.6 Å². The molecule has 0 amide bonds. The van der Waals surface area contributed by atoms with Crippen LogP contribution in [0.2, 0.25) is 0 Å². The van der Waals surface area contributed by atoms with E-state index in [-0.39, 0.29) is 6.04 Å². The largest absolute Gasteiger partial charge is 0.444 e. The average Bonchev–Trinajstić information content (AvgIpc) is 3.29. The maximum Gasteiger partial charge on any atom is 0.236 e. The predicted molar refractivity (Wildman–Crippen MR) is 92.3 cm³/mol. The quantitative estimate of drug-likeness (QED) is 0.799. The summed E-state index contributed by atoms with van der Waals surface area (Å²) in [6, 6.07) is 14.7. The second-order valence-corrected chi connectivity index (χ2v) is 6.94. The van der Waals surface area contributed by atoms with Crippen molar-refractivity contribution in [3.05, 3.63) is 65.4 Å². The molecular weight excluding hydrogens is 306 g/mol. The molecule has 1 fully saturated rings. The predicted octanol–water partition coefficient (Wildman–Crippen LogP) is 3.33. The van der Waals surface area contributed by atoms with Crippen molar-refractivity contribution < 1.29 is 4.42 Å². The third-order valence-electron chi connectivity index (χ3n) is 4.34. The maximum atomic E-state index is 6.35. The molecule has 4 rings (SSSR count). The molecule has 0 unspecified atom stereocenters. The van der Waals surface area contributed by atoms with Crippen LogP contribution in [0.1, 0.15) is 17.2 Å². The van der Waals surface area contributed by atoms with Gasteiger partial charge in [0.05, 0.1) is 10.6 Å². The van der Waals surface area contributed by atoms with E-state index in [0.29, 0.717) is 11.8 Å². The van der Waals surface area contributed by atoms with Crippen LogP contribution < -0.4 is 5.73 Å². The Balaban J connectivity index is 1.44. The fourth-order valence-corrected chi connectivity index (χ4v) is 3.87. The van der Waals surface area contributed by atoms with Gasteiger partial charge in [0.2, 0.25) is 5.89 Å². The Morgan fingerprint density at radius 2 is 2.04 bits per heavy atom. The van der Waals surface area contributed by atoms with Crippen LogP contribution >= 0.6 is 11.3 Å². The smallest absolute Gasteiger partial charge is 0.236 e. The van der Waals surface area contributed by atoms with Crippen molar-refractivity contribution in [1.82, 2.24) is 9.88 Å². The highest BCUT2D eigenvalue weighted by atomic mass is 32.1. The van der Waals surface area contributed by atoms with Crippen molar-refractivity contribution in [2.24, 2.45) is 5.73 Å². The maximum absolute atomic E-state index is 6.35. The van der Waals surface area contributed by atoms with Crippen LogP contribution in [0.25, 0.3) is 10.8 Å². The summed E-state index contributed by atoms with van der Waals surface area (Å²) in [5, 5.41) is 2.03. The topological polar surface area (TPSA) is 55.3 Å². The van der Waals surface area contributed by atoms with Gasteiger partial charge in [-0.1, -0.05) is 36.4 Å². The van der Waals surface area contributed by atoms with Gasteiger partial charge in [-0.05, 0) is 17.0 Å². The van der Waals surface area contributed by atoms with E-state index < -0.39 is 0 Å². The van der Waals surface area contributed by atoms with E-state index in [9.17, 15) is 0 Å². The van der Waals surface area contributed by atoms with Crippen molar-refractivity contribution in [3.8, 4) is 10.8 Å². The number of thiophene rings is 1. The summed E-state index contributed by atoms with van der Waals surface area (Å²) in [6.07, 6.45) is 1.76. The third-order valence-corrected chi connectivity index (χ3v) is 5.20. The lowest BCUT2D eigenvalue weighted by atomic mass is 9.95. The minimum Gasteiger partial charge on any atom is -0.444 e. The van der Waals surface area contributed by atoms with Gasteiger partial charge in [-0.3, -0.25) is 4.90 Å². The van der Waals surface area contributed by atoms with Crippen LogP contribution in [-0.4, -0.2) is 29.0 Å². The molecule has 23 heavy (non-hydrogen) atoms. The fraction of sp³-hybridized carbons (Fsp3) is 0.278. The molecule has 3 aromatic rings. The molecule has 118 valence electrons. The third kappa shape index (κ3) is 3.08. The van der Waals surface area contributed by atoms with Crippen LogP contribution in [0.5, 0.6) is 0 Å². The van der Waals surface area contributed by atoms with E-state index in [4.69, 9.17) is 10.2 Å². The van der Waals surface area contributed by atoms with E-state index in [1.165, 1.54) is 5.56 Å². The van der Waals surface area contributed by atoms with Gasteiger partial charge in [0.15, 0.2) is 0 Å². The molecule has 5 heteroatoms. The second kappa shape index (κ2) is 6.28. The number of hydrogen-bond acceptors (Lipinski definition) is 5. The second-order valence-electron chi connectivity index (χ2n) is 6.00. The number of hydrogen-bond donors (Lipinski definition) is 1. The van der Waals surface area contributed by atoms with Gasteiger partial charge in [-0.25, -0.2) is 4.98 Å². The van der Waals surface area contributed by atoms with Crippen LogP contribution in [-0.2, 0) is 6.54 Å². The van der Waals surface area contributed by atoms with Crippen LogP contribution in [0, 0.1) is 0 Å². The summed E-state index contributed by atoms with van der Waals surface area (Å²) in [6.45, 7) is 2.64. The van der Waals surface area contributed by atoms with Crippen molar-refractivity contribution in [2.75, 3.05) is 13.1 Å². The first-order valence-electron chi connectivity index (χ1n) is 7.81. The Morgan fingerprint density at radius 3 is 2.83 bits per heavy atom. The molecule has 2 N–H and O–H groups in total. The molecule has 2 atom stereocenters. The standard InChI is InChI=1S/C18H19N3OS/c19-16-11-21(10-15(16)13-5-2-1-3-6-13)9-14-12-22-18(20-14)17-7-4-8-23-17/h1-8,12,15-16H,9-11,19H2/t15-,16+/m0/s1. The minimum atomic E-state index is 0.168. The molecule has 0 bridgehead atoms. The van der Waals surface area contributed by atoms with E-state index >= 15 is 0 Å². The van der Waals surface area contributed by atoms with Crippen molar-refractivity contribution in [2.45, 2.75) is 18.5 Å². The van der Waals surface area contributed by atoms with Gasteiger partial charge in [-0.15, -0.1) is 11.3 Å². The van der Waals surface area contributed by atoms with E-state index in [2.05, 4.69) is 34.1 Å². The van der Waals surface area contributed by atoms with Crippen LogP contribution in [0.3, 0.4) is 0 Å². The van der Waals surface area contributed by atoms with Gasteiger partial charge in [0.1, 0.15) is 6.26 Å². The number of likely N-dealkylation sites (tertiary alicyclic amines) is 1. The summed E-state index contributed by atoms with van der Waals surface area (Å²) in [7, 11) is 0. The number of nitrogens with zero attached hydrogens (tertiary/aromatic N) is 2. The van der Waals surface area contributed by atoms with Crippen LogP contribution in [0.15, 0.2) is 58.5 Å². The molecule has 0 radical (unpaired) electrons. The van der Waals surface area contributed by atoms with Gasteiger partial charge in [0, 0.05) is 31.6 Å². The monoisotopic (exact) mass is 325 g/mol. The Morgan fingerprint density at radius 1 is 1.17 bits per heavy atom. The van der Waals surface area contributed by atoms with E-state index in [1.807, 2.05) is 23.6 Å². The molecule has 4 nitrogen and oxygen atoms in total. The Labute approximate surface area is 139 Å². The number of oxazole rings is 1. The number of rotatable bonds is 4. The molecule has 0 aliphatic carbocycles. The highest BCUT2D eigenvalue weighted by molar-refractivity contribution is 7.13. The zero-order valence-electron chi connectivity index (χ0n) is 12.8. The molecule has 0 spiro atoms. The average molecular weight is 325 g/mol. The lowest BCUT2D eigenvalue weighted by molar-refractivity contribution is 0.319. The first-order chi connectivity index (χ1) is 11.3. The number of aromatic nitrogens is 1. The van der Waals surface area contributed by atoms with Crippen molar-refractivity contribution in [1.29, 1.82) is 0 Å². The van der Waals surface area contributed by atoms with Gasteiger partial charge in [-0.2, -0.15) is 0 Å². The highest BCUT2D eigenvalue weighted by Gasteiger charge is 2.31.